The van der Waals surface area contributed by atoms with Crippen LogP contribution in [0.15, 0.2) is 18.3 Å². The van der Waals surface area contributed by atoms with Crippen molar-refractivity contribution in [3.63, 3.8) is 0 Å². The number of carbonyl (C=O) groups excluding carboxylic acids is 1. The summed E-state index contributed by atoms with van der Waals surface area (Å²) >= 11 is 0. The van der Waals surface area contributed by atoms with E-state index < -0.39 is 0 Å². The van der Waals surface area contributed by atoms with E-state index in [0.29, 0.717) is 37.7 Å². The molecule has 6 heteroatoms. The van der Waals surface area contributed by atoms with Crippen molar-refractivity contribution in [2.45, 2.75) is 19.3 Å². The number of aromatic nitrogens is 1. The summed E-state index contributed by atoms with van der Waals surface area (Å²) in [6.07, 6.45) is 5.48. The van der Waals surface area contributed by atoms with Gasteiger partial charge in [-0.25, -0.2) is 9.78 Å². The van der Waals surface area contributed by atoms with E-state index in [4.69, 9.17) is 5.26 Å². The van der Waals surface area contributed by atoms with Gasteiger partial charge in [0, 0.05) is 38.9 Å². The summed E-state index contributed by atoms with van der Waals surface area (Å²) in [5, 5.41) is 12.2. The Morgan fingerprint density at radius 1 is 1.36 bits per heavy atom. The molecule has 2 fully saturated rings. The Morgan fingerprint density at radius 3 is 2.77 bits per heavy atom. The Hall–Kier alpha value is -2.29. The van der Waals surface area contributed by atoms with Crippen molar-refractivity contribution in [3.05, 3.63) is 23.9 Å². The van der Waals surface area contributed by atoms with Crippen LogP contribution in [0.3, 0.4) is 0 Å². The SMILES string of the molecule is N#Cc1cccnc1N1CCN(C(=O)NCC2CCC2)CC1. The molecule has 22 heavy (non-hydrogen) atoms. The molecule has 0 unspecified atom stereocenters. The number of anilines is 1. The fourth-order valence-corrected chi connectivity index (χ4v) is 2.90. The standard InChI is InChI=1S/C16H21N5O/c17-11-14-5-2-6-18-15(14)20-7-9-21(10-8-20)16(22)19-12-13-3-1-4-13/h2,5-6,13H,1,3-4,7-10,12H2,(H,19,22). The van der Waals surface area contributed by atoms with Crippen LogP contribution in [0.1, 0.15) is 24.8 Å². The van der Waals surface area contributed by atoms with Crippen LogP contribution in [-0.4, -0.2) is 48.6 Å². The van der Waals surface area contributed by atoms with Gasteiger partial charge in [-0.15, -0.1) is 0 Å². The Labute approximate surface area is 130 Å². The van der Waals surface area contributed by atoms with Crippen molar-refractivity contribution in [3.8, 4) is 6.07 Å². The largest absolute Gasteiger partial charge is 0.352 e. The average Bonchev–Trinajstić information content (AvgIpc) is 2.53. The molecule has 0 atom stereocenters. The predicted octanol–water partition coefficient (Wildman–Crippen LogP) is 1.58. The van der Waals surface area contributed by atoms with Gasteiger partial charge in [0.25, 0.3) is 0 Å². The van der Waals surface area contributed by atoms with Crippen LogP contribution in [0.5, 0.6) is 0 Å². The summed E-state index contributed by atoms with van der Waals surface area (Å²) in [6.45, 7) is 3.55. The van der Waals surface area contributed by atoms with Crippen LogP contribution in [0.2, 0.25) is 0 Å². The minimum Gasteiger partial charge on any atom is -0.352 e. The second-order valence-corrected chi connectivity index (χ2v) is 5.94. The van der Waals surface area contributed by atoms with Crippen LogP contribution >= 0.6 is 0 Å². The first-order valence-electron chi connectivity index (χ1n) is 7.91. The topological polar surface area (TPSA) is 72.3 Å². The van der Waals surface area contributed by atoms with Crippen LogP contribution < -0.4 is 10.2 Å². The van der Waals surface area contributed by atoms with Gasteiger partial charge in [-0.3, -0.25) is 0 Å². The lowest BCUT2D eigenvalue weighted by Gasteiger charge is -2.36. The zero-order valence-corrected chi connectivity index (χ0v) is 12.7. The minimum atomic E-state index is 0.0353. The maximum atomic E-state index is 12.1. The van der Waals surface area contributed by atoms with E-state index >= 15 is 0 Å². The van der Waals surface area contributed by atoms with Gasteiger partial charge in [0.15, 0.2) is 0 Å². The molecule has 2 aliphatic rings. The van der Waals surface area contributed by atoms with Crippen molar-refractivity contribution in [1.29, 1.82) is 5.26 Å². The van der Waals surface area contributed by atoms with E-state index in [-0.39, 0.29) is 6.03 Å². The third-order valence-corrected chi connectivity index (χ3v) is 4.54. The van der Waals surface area contributed by atoms with Crippen molar-refractivity contribution in [2.75, 3.05) is 37.6 Å². The lowest BCUT2D eigenvalue weighted by molar-refractivity contribution is 0.188. The van der Waals surface area contributed by atoms with Gasteiger partial charge in [0.05, 0.1) is 5.56 Å². The first kappa shape index (κ1) is 14.6. The molecule has 0 bridgehead atoms. The summed E-state index contributed by atoms with van der Waals surface area (Å²) in [4.78, 5) is 20.4. The molecule has 0 radical (unpaired) electrons. The fraction of sp³-hybridized carbons (Fsp3) is 0.562. The van der Waals surface area contributed by atoms with Gasteiger partial charge in [0.2, 0.25) is 0 Å². The maximum absolute atomic E-state index is 12.1. The molecular weight excluding hydrogens is 278 g/mol. The summed E-state index contributed by atoms with van der Waals surface area (Å²) < 4.78 is 0. The lowest BCUT2D eigenvalue weighted by Crippen LogP contribution is -2.52. The van der Waals surface area contributed by atoms with Crippen molar-refractivity contribution in [2.24, 2.45) is 5.92 Å². The van der Waals surface area contributed by atoms with Gasteiger partial charge < -0.3 is 15.1 Å². The second kappa shape index (κ2) is 6.65. The first-order chi connectivity index (χ1) is 10.8. The lowest BCUT2D eigenvalue weighted by atomic mass is 9.85. The molecule has 1 aromatic rings. The molecule has 0 spiro atoms. The molecule has 1 saturated heterocycles. The number of nitriles is 1. The van der Waals surface area contributed by atoms with Gasteiger partial charge in [-0.05, 0) is 30.9 Å². The molecule has 2 heterocycles. The predicted molar refractivity (Wildman–Crippen MR) is 83.5 cm³/mol. The van der Waals surface area contributed by atoms with E-state index in [9.17, 15) is 4.79 Å². The maximum Gasteiger partial charge on any atom is 0.317 e. The summed E-state index contributed by atoms with van der Waals surface area (Å²) in [5.41, 5.74) is 0.588. The number of rotatable bonds is 3. The molecule has 6 nitrogen and oxygen atoms in total. The number of nitrogens with zero attached hydrogens (tertiary/aromatic N) is 4. The van der Waals surface area contributed by atoms with Crippen molar-refractivity contribution < 1.29 is 4.79 Å². The number of pyridine rings is 1. The third kappa shape index (κ3) is 3.14. The first-order valence-corrected chi connectivity index (χ1v) is 7.91. The zero-order valence-electron chi connectivity index (χ0n) is 12.7. The molecule has 1 aliphatic heterocycles. The molecule has 1 aliphatic carbocycles. The number of hydrogen-bond acceptors (Lipinski definition) is 4. The van der Waals surface area contributed by atoms with Gasteiger partial charge in [0.1, 0.15) is 11.9 Å². The minimum absolute atomic E-state index is 0.0353. The number of hydrogen-bond donors (Lipinski definition) is 1. The number of urea groups is 1. The summed E-state index contributed by atoms with van der Waals surface area (Å²) in [5.74, 6) is 1.40. The molecular formula is C16H21N5O. The Bertz CT molecular complexity index is 570. The third-order valence-electron chi connectivity index (χ3n) is 4.54. The van der Waals surface area contributed by atoms with Crippen molar-refractivity contribution in [1.82, 2.24) is 15.2 Å². The smallest absolute Gasteiger partial charge is 0.317 e. The van der Waals surface area contributed by atoms with Crippen LogP contribution in [-0.2, 0) is 0 Å². The number of piperazine rings is 1. The Morgan fingerprint density at radius 2 is 2.14 bits per heavy atom. The molecule has 0 aromatic carbocycles. The van der Waals surface area contributed by atoms with E-state index in [0.717, 1.165) is 12.4 Å². The quantitative estimate of drug-likeness (QED) is 0.920. The molecule has 1 aromatic heterocycles. The van der Waals surface area contributed by atoms with Crippen molar-refractivity contribution >= 4 is 11.8 Å². The number of amides is 2. The molecule has 1 saturated carbocycles. The highest BCUT2D eigenvalue weighted by Gasteiger charge is 2.24. The zero-order chi connectivity index (χ0) is 15.4. The Balaban J connectivity index is 1.51. The highest BCUT2D eigenvalue weighted by atomic mass is 16.2. The average molecular weight is 299 g/mol. The number of nitrogens with one attached hydrogen (secondary N) is 1. The van der Waals surface area contributed by atoms with E-state index in [1.165, 1.54) is 19.3 Å². The summed E-state index contributed by atoms with van der Waals surface area (Å²) in [6, 6.07) is 5.76. The highest BCUT2D eigenvalue weighted by molar-refractivity contribution is 5.74. The van der Waals surface area contributed by atoms with Gasteiger partial charge in [-0.2, -0.15) is 5.26 Å². The second-order valence-electron chi connectivity index (χ2n) is 5.94. The fourth-order valence-electron chi connectivity index (χ4n) is 2.90. The summed E-state index contributed by atoms with van der Waals surface area (Å²) in [7, 11) is 0. The Kier molecular flexibility index (Phi) is 4.42. The van der Waals surface area contributed by atoms with E-state index in [2.05, 4.69) is 21.3 Å². The molecule has 1 N–H and O–H groups in total. The van der Waals surface area contributed by atoms with Gasteiger partial charge in [-0.1, -0.05) is 6.42 Å². The highest BCUT2D eigenvalue weighted by Crippen LogP contribution is 2.25. The van der Waals surface area contributed by atoms with Gasteiger partial charge >= 0.3 is 6.03 Å². The normalized spacial score (nSPS) is 18.5. The molecule has 116 valence electrons. The van der Waals surface area contributed by atoms with Crippen LogP contribution in [0, 0.1) is 17.2 Å². The molecule has 3 rings (SSSR count). The van der Waals surface area contributed by atoms with E-state index in [1.54, 1.807) is 18.3 Å². The van der Waals surface area contributed by atoms with E-state index in [1.807, 2.05) is 4.90 Å². The van der Waals surface area contributed by atoms with Crippen LogP contribution in [0.25, 0.3) is 0 Å². The number of carbonyl (C=O) groups is 1. The monoisotopic (exact) mass is 299 g/mol. The molecule has 2 amide bonds. The van der Waals surface area contributed by atoms with Crippen LogP contribution in [0.4, 0.5) is 10.6 Å².